The van der Waals surface area contributed by atoms with Gasteiger partial charge in [-0.3, -0.25) is 4.79 Å². The van der Waals surface area contributed by atoms with Crippen LogP contribution in [0.4, 0.5) is 0 Å². The van der Waals surface area contributed by atoms with E-state index < -0.39 is 0 Å². The van der Waals surface area contributed by atoms with Crippen LogP contribution in [-0.2, 0) is 4.79 Å². The standard InChI is InChI=1S/C9H17NO/c1-4-7-9(11)10(6-3)8-5-2/h6H,3-5,7-8H2,1-2H3. The van der Waals surface area contributed by atoms with Gasteiger partial charge in [0.05, 0.1) is 0 Å². The second kappa shape index (κ2) is 5.96. The fourth-order valence-electron chi connectivity index (χ4n) is 0.916. The van der Waals surface area contributed by atoms with Gasteiger partial charge in [0.15, 0.2) is 0 Å². The number of carbonyl (C=O) groups excluding carboxylic acids is 1. The van der Waals surface area contributed by atoms with Crippen molar-refractivity contribution in [2.24, 2.45) is 0 Å². The molecule has 0 spiro atoms. The zero-order valence-electron chi connectivity index (χ0n) is 7.47. The molecular formula is C9H17NO. The molecule has 0 aromatic rings. The topological polar surface area (TPSA) is 20.3 Å². The molecule has 0 heterocycles. The molecule has 0 rings (SSSR count). The smallest absolute Gasteiger partial charge is 0.226 e. The van der Waals surface area contributed by atoms with E-state index in [1.165, 1.54) is 0 Å². The van der Waals surface area contributed by atoms with E-state index >= 15 is 0 Å². The van der Waals surface area contributed by atoms with Crippen LogP contribution in [0.3, 0.4) is 0 Å². The van der Waals surface area contributed by atoms with E-state index in [9.17, 15) is 4.79 Å². The summed E-state index contributed by atoms with van der Waals surface area (Å²) in [5, 5.41) is 0. The van der Waals surface area contributed by atoms with Gasteiger partial charge < -0.3 is 4.90 Å². The highest BCUT2D eigenvalue weighted by Crippen LogP contribution is 1.98. The van der Waals surface area contributed by atoms with Crippen molar-refractivity contribution in [2.45, 2.75) is 33.1 Å². The number of hydrogen-bond donors (Lipinski definition) is 0. The molecule has 0 bridgehead atoms. The van der Waals surface area contributed by atoms with Crippen LogP contribution in [0.25, 0.3) is 0 Å². The normalized spacial score (nSPS) is 9.27. The molecule has 0 N–H and O–H groups in total. The van der Waals surface area contributed by atoms with Gasteiger partial charge in [0.25, 0.3) is 0 Å². The maximum Gasteiger partial charge on any atom is 0.226 e. The van der Waals surface area contributed by atoms with Gasteiger partial charge in [-0.1, -0.05) is 20.4 Å². The lowest BCUT2D eigenvalue weighted by molar-refractivity contribution is -0.128. The molecule has 0 aromatic heterocycles. The molecule has 64 valence electrons. The Bertz CT molecular complexity index is 132. The zero-order valence-corrected chi connectivity index (χ0v) is 7.47. The Morgan fingerprint density at radius 1 is 1.45 bits per heavy atom. The van der Waals surface area contributed by atoms with Crippen molar-refractivity contribution in [3.8, 4) is 0 Å². The minimum Gasteiger partial charge on any atom is -0.320 e. The van der Waals surface area contributed by atoms with Crippen molar-refractivity contribution in [1.82, 2.24) is 4.90 Å². The molecule has 0 saturated carbocycles. The van der Waals surface area contributed by atoms with Gasteiger partial charge >= 0.3 is 0 Å². The summed E-state index contributed by atoms with van der Waals surface area (Å²) in [6.45, 7) is 8.44. The highest BCUT2D eigenvalue weighted by molar-refractivity contribution is 5.76. The molecule has 0 saturated heterocycles. The summed E-state index contributed by atoms with van der Waals surface area (Å²) in [5.74, 6) is 0.185. The van der Waals surface area contributed by atoms with Crippen molar-refractivity contribution >= 4 is 5.91 Å². The van der Waals surface area contributed by atoms with E-state index in [1.807, 2.05) is 6.92 Å². The molecule has 0 atom stereocenters. The van der Waals surface area contributed by atoms with Crippen LogP contribution in [0, 0.1) is 0 Å². The minimum absolute atomic E-state index is 0.185. The summed E-state index contributed by atoms with van der Waals surface area (Å²) < 4.78 is 0. The van der Waals surface area contributed by atoms with Crippen LogP contribution in [0.5, 0.6) is 0 Å². The maximum absolute atomic E-state index is 11.2. The van der Waals surface area contributed by atoms with Crippen molar-refractivity contribution < 1.29 is 4.79 Å². The van der Waals surface area contributed by atoms with Crippen LogP contribution in [-0.4, -0.2) is 17.4 Å². The Kier molecular flexibility index (Phi) is 5.53. The number of rotatable bonds is 5. The fourth-order valence-corrected chi connectivity index (χ4v) is 0.916. The zero-order chi connectivity index (χ0) is 8.69. The highest BCUT2D eigenvalue weighted by Gasteiger charge is 2.06. The number of amides is 1. The molecule has 0 unspecified atom stereocenters. The SMILES string of the molecule is C=CN(CCC)C(=O)CCC. The Morgan fingerprint density at radius 3 is 2.45 bits per heavy atom. The first kappa shape index (κ1) is 10.2. The lowest BCUT2D eigenvalue weighted by Gasteiger charge is -2.15. The minimum atomic E-state index is 0.185. The fraction of sp³-hybridized carbons (Fsp3) is 0.667. The number of carbonyl (C=O) groups is 1. The van der Waals surface area contributed by atoms with E-state index in [1.54, 1.807) is 11.1 Å². The van der Waals surface area contributed by atoms with Gasteiger partial charge in [0.2, 0.25) is 5.91 Å². The van der Waals surface area contributed by atoms with Crippen molar-refractivity contribution in [1.29, 1.82) is 0 Å². The maximum atomic E-state index is 11.2. The van der Waals surface area contributed by atoms with Gasteiger partial charge in [-0.15, -0.1) is 0 Å². The van der Waals surface area contributed by atoms with Crippen LogP contribution >= 0.6 is 0 Å². The summed E-state index contributed by atoms with van der Waals surface area (Å²) in [7, 11) is 0. The first-order valence-corrected chi connectivity index (χ1v) is 4.18. The molecule has 1 amide bonds. The third kappa shape index (κ3) is 3.81. The van der Waals surface area contributed by atoms with Crippen LogP contribution in [0.15, 0.2) is 12.8 Å². The van der Waals surface area contributed by atoms with Crippen LogP contribution in [0.1, 0.15) is 33.1 Å². The molecule has 0 aliphatic carbocycles. The summed E-state index contributed by atoms with van der Waals surface area (Å²) in [5.41, 5.74) is 0. The summed E-state index contributed by atoms with van der Waals surface area (Å²) in [4.78, 5) is 12.9. The third-order valence-electron chi connectivity index (χ3n) is 1.47. The highest BCUT2D eigenvalue weighted by atomic mass is 16.2. The average molecular weight is 155 g/mol. The van der Waals surface area contributed by atoms with Gasteiger partial charge in [0.1, 0.15) is 0 Å². The molecule has 2 nitrogen and oxygen atoms in total. The lowest BCUT2D eigenvalue weighted by atomic mass is 10.3. The van der Waals surface area contributed by atoms with Crippen molar-refractivity contribution in [2.75, 3.05) is 6.54 Å². The summed E-state index contributed by atoms with van der Waals surface area (Å²) in [6.07, 6.45) is 4.14. The number of hydrogen-bond acceptors (Lipinski definition) is 1. The van der Waals surface area contributed by atoms with Crippen molar-refractivity contribution in [3.63, 3.8) is 0 Å². The van der Waals surface area contributed by atoms with Gasteiger partial charge in [-0.05, 0) is 19.0 Å². The lowest BCUT2D eigenvalue weighted by Crippen LogP contribution is -2.25. The molecule has 0 aliphatic rings. The van der Waals surface area contributed by atoms with Gasteiger partial charge in [0, 0.05) is 13.0 Å². The quantitative estimate of drug-likeness (QED) is 0.596. The Balaban J connectivity index is 3.81. The monoisotopic (exact) mass is 155 g/mol. The van der Waals surface area contributed by atoms with Gasteiger partial charge in [-0.2, -0.15) is 0 Å². The largest absolute Gasteiger partial charge is 0.320 e. The predicted octanol–water partition coefficient (Wildman–Crippen LogP) is 2.17. The number of nitrogens with zero attached hydrogens (tertiary/aromatic N) is 1. The van der Waals surface area contributed by atoms with E-state index in [4.69, 9.17) is 0 Å². The van der Waals surface area contributed by atoms with E-state index in [0.717, 1.165) is 19.4 Å². The molecule has 0 aliphatic heterocycles. The molecular weight excluding hydrogens is 138 g/mol. The Labute approximate surface area is 68.9 Å². The van der Waals surface area contributed by atoms with E-state index in [2.05, 4.69) is 13.5 Å². The molecule has 0 aromatic carbocycles. The molecule has 2 heteroatoms. The van der Waals surface area contributed by atoms with E-state index in [-0.39, 0.29) is 5.91 Å². The predicted molar refractivity (Wildman–Crippen MR) is 47.1 cm³/mol. The van der Waals surface area contributed by atoms with Crippen LogP contribution in [0.2, 0.25) is 0 Å². The average Bonchev–Trinajstić information content (AvgIpc) is 2.00. The second-order valence-corrected chi connectivity index (χ2v) is 2.52. The first-order valence-electron chi connectivity index (χ1n) is 4.18. The summed E-state index contributed by atoms with van der Waals surface area (Å²) >= 11 is 0. The van der Waals surface area contributed by atoms with E-state index in [0.29, 0.717) is 6.42 Å². The third-order valence-corrected chi connectivity index (χ3v) is 1.47. The summed E-state index contributed by atoms with van der Waals surface area (Å²) in [6, 6.07) is 0. The molecule has 11 heavy (non-hydrogen) atoms. The Hall–Kier alpha value is -0.790. The second-order valence-electron chi connectivity index (χ2n) is 2.52. The van der Waals surface area contributed by atoms with Crippen molar-refractivity contribution in [3.05, 3.63) is 12.8 Å². The van der Waals surface area contributed by atoms with Crippen LogP contribution < -0.4 is 0 Å². The first-order chi connectivity index (χ1) is 5.26. The Morgan fingerprint density at radius 2 is 2.09 bits per heavy atom. The van der Waals surface area contributed by atoms with Gasteiger partial charge in [-0.25, -0.2) is 0 Å². The molecule has 0 fully saturated rings. The molecule has 0 radical (unpaired) electrons.